The van der Waals surface area contributed by atoms with E-state index in [4.69, 9.17) is 5.73 Å². The fourth-order valence-electron chi connectivity index (χ4n) is 1.40. The Kier molecular flexibility index (Phi) is 5.20. The van der Waals surface area contributed by atoms with Crippen molar-refractivity contribution in [2.45, 2.75) is 19.8 Å². The molecule has 0 unspecified atom stereocenters. The lowest BCUT2D eigenvalue weighted by Gasteiger charge is -2.07. The van der Waals surface area contributed by atoms with Crippen molar-refractivity contribution in [3.05, 3.63) is 26.8 Å². The molecule has 0 fully saturated rings. The van der Waals surface area contributed by atoms with E-state index in [-0.39, 0.29) is 18.1 Å². The number of benzene rings is 1. The summed E-state index contributed by atoms with van der Waals surface area (Å²) in [4.78, 5) is 21.7. The van der Waals surface area contributed by atoms with Crippen LogP contribution < -0.4 is 16.6 Å². The monoisotopic (exact) mass is 363 g/mol. The third-order valence-corrected chi connectivity index (χ3v) is 3.10. The minimum atomic E-state index is -0.807. The summed E-state index contributed by atoms with van der Waals surface area (Å²) in [7, 11) is 0. The Morgan fingerprint density at radius 3 is 2.61 bits per heavy atom. The Balaban J connectivity index is 2.53. The van der Waals surface area contributed by atoms with E-state index >= 15 is 0 Å². The van der Waals surface area contributed by atoms with Crippen LogP contribution in [-0.2, 0) is 11.2 Å². The molecule has 0 spiro atoms. The van der Waals surface area contributed by atoms with Crippen molar-refractivity contribution in [3.63, 3.8) is 0 Å². The summed E-state index contributed by atoms with van der Waals surface area (Å²) in [5.41, 5.74) is 10.7. The molecule has 7 heteroatoms. The number of hydrazine groups is 1. The minimum Gasteiger partial charge on any atom is -0.507 e. The molecule has 0 saturated heterocycles. The molecule has 98 valence electrons. The molecule has 0 aliphatic carbocycles. The zero-order chi connectivity index (χ0) is 13.7. The number of phenols is 1. The van der Waals surface area contributed by atoms with Gasteiger partial charge in [-0.1, -0.05) is 6.07 Å². The van der Waals surface area contributed by atoms with Gasteiger partial charge in [0.25, 0.3) is 0 Å². The van der Waals surface area contributed by atoms with E-state index in [1.54, 1.807) is 6.92 Å². The van der Waals surface area contributed by atoms with E-state index < -0.39 is 6.03 Å². The molecule has 1 aromatic rings. The van der Waals surface area contributed by atoms with E-state index in [0.717, 1.165) is 14.7 Å². The van der Waals surface area contributed by atoms with Gasteiger partial charge in [0.05, 0.1) is 3.57 Å². The van der Waals surface area contributed by atoms with Crippen LogP contribution in [-0.4, -0.2) is 17.0 Å². The summed E-state index contributed by atoms with van der Waals surface area (Å²) in [6.45, 7) is 1.80. The number of primary amides is 1. The second kappa shape index (κ2) is 6.43. The van der Waals surface area contributed by atoms with Gasteiger partial charge in [-0.3, -0.25) is 10.2 Å². The molecule has 18 heavy (non-hydrogen) atoms. The van der Waals surface area contributed by atoms with Crippen LogP contribution in [0, 0.1) is 10.5 Å². The smallest absolute Gasteiger partial charge is 0.330 e. The van der Waals surface area contributed by atoms with E-state index in [1.807, 2.05) is 40.1 Å². The Bertz CT molecular complexity index is 454. The fraction of sp³-hybridized carbons (Fsp3) is 0.273. The van der Waals surface area contributed by atoms with Crippen LogP contribution in [0.2, 0.25) is 0 Å². The number of hydrogen-bond acceptors (Lipinski definition) is 3. The Morgan fingerprint density at radius 1 is 1.39 bits per heavy atom. The molecule has 0 atom stereocenters. The molecule has 0 bridgehead atoms. The number of halogens is 1. The standard InChI is InChI=1S/C11H14IN3O3/c1-6-4-7(5-8(12)10(6)17)2-3-9(16)14-15-11(13)18/h4-5,17H,2-3H2,1H3,(H,14,16)(H3,13,15,18). The highest BCUT2D eigenvalue weighted by Gasteiger charge is 2.07. The normalized spacial score (nSPS) is 9.89. The number of nitrogens with one attached hydrogen (secondary N) is 2. The van der Waals surface area contributed by atoms with Gasteiger partial charge in [-0.2, -0.15) is 0 Å². The maximum atomic E-state index is 11.3. The zero-order valence-corrected chi connectivity index (χ0v) is 11.9. The number of urea groups is 1. The summed E-state index contributed by atoms with van der Waals surface area (Å²) < 4.78 is 0.748. The van der Waals surface area contributed by atoms with Gasteiger partial charge in [-0.25, -0.2) is 10.2 Å². The first-order chi connectivity index (χ1) is 8.40. The van der Waals surface area contributed by atoms with Crippen molar-refractivity contribution < 1.29 is 14.7 Å². The first-order valence-corrected chi connectivity index (χ1v) is 6.30. The van der Waals surface area contributed by atoms with Gasteiger partial charge >= 0.3 is 6.03 Å². The van der Waals surface area contributed by atoms with E-state index in [1.165, 1.54) is 0 Å². The van der Waals surface area contributed by atoms with Crippen LogP contribution in [0.4, 0.5) is 4.79 Å². The average molecular weight is 363 g/mol. The van der Waals surface area contributed by atoms with Crippen molar-refractivity contribution in [2.75, 3.05) is 0 Å². The summed E-state index contributed by atoms with van der Waals surface area (Å²) in [6, 6.07) is 2.84. The minimum absolute atomic E-state index is 0.223. The highest BCUT2D eigenvalue weighted by molar-refractivity contribution is 14.1. The van der Waals surface area contributed by atoms with Gasteiger partial charge in [0.15, 0.2) is 0 Å². The molecule has 0 aliphatic rings. The van der Waals surface area contributed by atoms with Crippen LogP contribution >= 0.6 is 22.6 Å². The molecule has 0 saturated carbocycles. The molecule has 0 aliphatic heterocycles. The summed E-state index contributed by atoms with van der Waals surface area (Å²) in [5.74, 6) is -0.0614. The predicted molar refractivity (Wildman–Crippen MR) is 74.7 cm³/mol. The third-order valence-electron chi connectivity index (χ3n) is 2.28. The third kappa shape index (κ3) is 4.40. The zero-order valence-electron chi connectivity index (χ0n) is 9.79. The molecule has 0 heterocycles. The van der Waals surface area contributed by atoms with Gasteiger partial charge in [0.2, 0.25) is 5.91 Å². The van der Waals surface area contributed by atoms with Crippen LogP contribution in [0.3, 0.4) is 0 Å². The number of aromatic hydroxyl groups is 1. The number of nitrogens with two attached hydrogens (primary N) is 1. The molecule has 0 radical (unpaired) electrons. The summed E-state index contributed by atoms with van der Waals surface area (Å²) in [6.07, 6.45) is 0.740. The van der Waals surface area contributed by atoms with Gasteiger partial charge in [-0.05, 0) is 53.1 Å². The number of hydrogen-bond donors (Lipinski definition) is 4. The molecule has 1 rings (SSSR count). The van der Waals surface area contributed by atoms with Crippen molar-refractivity contribution in [1.82, 2.24) is 10.9 Å². The second-order valence-corrected chi connectivity index (χ2v) is 4.94. The second-order valence-electron chi connectivity index (χ2n) is 3.78. The number of rotatable bonds is 3. The molecule has 0 aromatic heterocycles. The largest absolute Gasteiger partial charge is 0.507 e. The lowest BCUT2D eigenvalue weighted by Crippen LogP contribution is -2.44. The summed E-state index contributed by atoms with van der Waals surface area (Å²) >= 11 is 2.03. The highest BCUT2D eigenvalue weighted by Crippen LogP contribution is 2.25. The van der Waals surface area contributed by atoms with Crippen molar-refractivity contribution in [2.24, 2.45) is 5.73 Å². The van der Waals surface area contributed by atoms with Crippen LogP contribution in [0.5, 0.6) is 5.75 Å². The molecule has 1 aromatic carbocycles. The van der Waals surface area contributed by atoms with E-state index in [9.17, 15) is 14.7 Å². The van der Waals surface area contributed by atoms with Crippen molar-refractivity contribution >= 4 is 34.5 Å². The Morgan fingerprint density at radius 2 is 2.06 bits per heavy atom. The first kappa shape index (κ1) is 14.6. The van der Waals surface area contributed by atoms with Gasteiger partial charge in [0, 0.05) is 6.42 Å². The number of phenolic OH excluding ortho intramolecular Hbond substituents is 1. The fourth-order valence-corrected chi connectivity index (χ4v) is 2.23. The quantitative estimate of drug-likeness (QED) is 0.475. The molecular formula is C11H14IN3O3. The SMILES string of the molecule is Cc1cc(CCC(=O)NNC(N)=O)cc(I)c1O. The molecule has 6 nitrogen and oxygen atoms in total. The van der Waals surface area contributed by atoms with Gasteiger partial charge in [0.1, 0.15) is 5.75 Å². The van der Waals surface area contributed by atoms with E-state index in [2.05, 4.69) is 5.43 Å². The van der Waals surface area contributed by atoms with Gasteiger partial charge < -0.3 is 10.8 Å². The predicted octanol–water partition coefficient (Wildman–Crippen LogP) is 0.937. The lowest BCUT2D eigenvalue weighted by molar-refractivity contribution is -0.121. The van der Waals surface area contributed by atoms with E-state index in [0.29, 0.717) is 6.42 Å². The van der Waals surface area contributed by atoms with Crippen molar-refractivity contribution in [3.8, 4) is 5.75 Å². The van der Waals surface area contributed by atoms with Crippen molar-refractivity contribution in [1.29, 1.82) is 0 Å². The van der Waals surface area contributed by atoms with Gasteiger partial charge in [-0.15, -0.1) is 0 Å². The molecule has 3 amide bonds. The summed E-state index contributed by atoms with van der Waals surface area (Å²) in [5, 5.41) is 9.61. The molecule has 5 N–H and O–H groups in total. The highest BCUT2D eigenvalue weighted by atomic mass is 127. The maximum absolute atomic E-state index is 11.3. The average Bonchev–Trinajstić information content (AvgIpc) is 2.30. The molecular weight excluding hydrogens is 349 g/mol. The Hall–Kier alpha value is -1.51. The van der Waals surface area contributed by atoms with Crippen LogP contribution in [0.25, 0.3) is 0 Å². The number of aryl methyl sites for hydroxylation is 2. The Labute approximate surface area is 118 Å². The topological polar surface area (TPSA) is 104 Å². The number of carbonyl (C=O) groups is 2. The lowest BCUT2D eigenvalue weighted by atomic mass is 10.1. The number of carbonyl (C=O) groups excluding carboxylic acids is 2. The first-order valence-electron chi connectivity index (χ1n) is 5.22. The number of amides is 3. The van der Waals surface area contributed by atoms with Crippen LogP contribution in [0.1, 0.15) is 17.5 Å². The maximum Gasteiger partial charge on any atom is 0.330 e. The van der Waals surface area contributed by atoms with Crippen LogP contribution in [0.15, 0.2) is 12.1 Å².